The number of hydrogen-bond donors (Lipinski definition) is 1. The van der Waals surface area contributed by atoms with E-state index < -0.39 is 0 Å². The molecule has 0 aliphatic rings. The fourth-order valence-electron chi connectivity index (χ4n) is 1.40. The van der Waals surface area contributed by atoms with Crippen molar-refractivity contribution in [3.8, 4) is 10.6 Å². The molecule has 4 nitrogen and oxygen atoms in total. The van der Waals surface area contributed by atoms with Crippen LogP contribution in [0.2, 0.25) is 0 Å². The van der Waals surface area contributed by atoms with Gasteiger partial charge in [-0.15, -0.1) is 11.3 Å². The van der Waals surface area contributed by atoms with Crippen LogP contribution in [0.4, 0.5) is 5.95 Å². The van der Waals surface area contributed by atoms with Gasteiger partial charge in [0.15, 0.2) is 0 Å². The molecule has 0 amide bonds. The predicted molar refractivity (Wildman–Crippen MR) is 66.4 cm³/mol. The van der Waals surface area contributed by atoms with E-state index >= 15 is 0 Å². The minimum atomic E-state index is 0.302. The lowest BCUT2D eigenvalue weighted by atomic mass is 10.2. The SMILES string of the molecule is Cc1nc(C(C)C)sc1-c1ccnc(N)n1. The zero-order valence-electron chi connectivity index (χ0n) is 9.56. The molecule has 0 unspecified atom stereocenters. The number of aromatic nitrogens is 3. The topological polar surface area (TPSA) is 64.7 Å². The molecule has 2 N–H and O–H groups in total. The van der Waals surface area contributed by atoms with Crippen LogP contribution in [0.5, 0.6) is 0 Å². The predicted octanol–water partition coefficient (Wildman–Crippen LogP) is 2.61. The zero-order chi connectivity index (χ0) is 11.7. The van der Waals surface area contributed by atoms with Crippen LogP contribution in [-0.4, -0.2) is 15.0 Å². The second-order valence-corrected chi connectivity index (χ2v) is 4.95. The van der Waals surface area contributed by atoms with Crippen LogP contribution in [0.3, 0.4) is 0 Å². The summed E-state index contributed by atoms with van der Waals surface area (Å²) in [6.07, 6.45) is 1.67. The fourth-order valence-corrected chi connectivity index (χ4v) is 2.44. The second kappa shape index (κ2) is 4.17. The number of thiazole rings is 1. The molecule has 0 bridgehead atoms. The van der Waals surface area contributed by atoms with E-state index in [4.69, 9.17) is 5.73 Å². The van der Waals surface area contributed by atoms with Gasteiger partial charge >= 0.3 is 0 Å². The summed E-state index contributed by atoms with van der Waals surface area (Å²) in [4.78, 5) is 13.7. The maximum absolute atomic E-state index is 5.57. The number of hydrogen-bond acceptors (Lipinski definition) is 5. The summed E-state index contributed by atoms with van der Waals surface area (Å²) < 4.78 is 0. The van der Waals surface area contributed by atoms with Crippen molar-refractivity contribution in [2.24, 2.45) is 0 Å². The van der Waals surface area contributed by atoms with Crippen LogP contribution in [-0.2, 0) is 0 Å². The van der Waals surface area contributed by atoms with Gasteiger partial charge in [-0.25, -0.2) is 15.0 Å². The minimum absolute atomic E-state index is 0.302. The monoisotopic (exact) mass is 234 g/mol. The summed E-state index contributed by atoms with van der Waals surface area (Å²) >= 11 is 1.67. The normalized spacial score (nSPS) is 11.0. The van der Waals surface area contributed by atoms with Gasteiger partial charge in [-0.2, -0.15) is 0 Å². The van der Waals surface area contributed by atoms with Crippen molar-refractivity contribution < 1.29 is 0 Å². The van der Waals surface area contributed by atoms with Gasteiger partial charge in [0.2, 0.25) is 5.95 Å². The first-order valence-electron chi connectivity index (χ1n) is 5.14. The number of nitrogens with zero attached hydrogens (tertiary/aromatic N) is 3. The zero-order valence-corrected chi connectivity index (χ0v) is 10.4. The quantitative estimate of drug-likeness (QED) is 0.867. The number of nitrogens with two attached hydrogens (primary N) is 1. The minimum Gasteiger partial charge on any atom is -0.368 e. The lowest BCUT2D eigenvalue weighted by molar-refractivity contribution is 0.847. The van der Waals surface area contributed by atoms with Gasteiger partial charge in [0.05, 0.1) is 21.3 Å². The van der Waals surface area contributed by atoms with Crippen molar-refractivity contribution >= 4 is 17.3 Å². The van der Waals surface area contributed by atoms with Crippen LogP contribution in [0.25, 0.3) is 10.6 Å². The summed E-state index contributed by atoms with van der Waals surface area (Å²) in [5.74, 6) is 0.744. The van der Waals surface area contributed by atoms with Crippen molar-refractivity contribution in [3.05, 3.63) is 23.0 Å². The first-order valence-corrected chi connectivity index (χ1v) is 5.96. The van der Waals surface area contributed by atoms with Crippen LogP contribution in [0.1, 0.15) is 30.5 Å². The Morgan fingerprint density at radius 2 is 2.06 bits per heavy atom. The number of rotatable bonds is 2. The van der Waals surface area contributed by atoms with E-state index in [0.717, 1.165) is 21.3 Å². The Hall–Kier alpha value is -1.49. The van der Waals surface area contributed by atoms with Crippen LogP contribution >= 0.6 is 11.3 Å². The molecule has 0 aliphatic heterocycles. The largest absolute Gasteiger partial charge is 0.368 e. The molecule has 0 radical (unpaired) electrons. The van der Waals surface area contributed by atoms with Gasteiger partial charge in [0.1, 0.15) is 0 Å². The first kappa shape index (κ1) is 11.0. The van der Waals surface area contributed by atoms with E-state index in [1.165, 1.54) is 0 Å². The lowest BCUT2D eigenvalue weighted by Crippen LogP contribution is -1.94. The molecule has 2 aromatic rings. The fraction of sp³-hybridized carbons (Fsp3) is 0.364. The van der Waals surface area contributed by atoms with Gasteiger partial charge in [0, 0.05) is 12.1 Å². The van der Waals surface area contributed by atoms with Gasteiger partial charge in [0.25, 0.3) is 0 Å². The molecule has 0 aliphatic carbocycles. The lowest BCUT2D eigenvalue weighted by Gasteiger charge is -1.98. The second-order valence-electron chi connectivity index (χ2n) is 3.92. The summed E-state index contributed by atoms with van der Waals surface area (Å²) in [7, 11) is 0. The molecule has 0 saturated heterocycles. The highest BCUT2D eigenvalue weighted by Gasteiger charge is 2.13. The third-order valence-electron chi connectivity index (χ3n) is 2.21. The highest BCUT2D eigenvalue weighted by Crippen LogP contribution is 2.31. The standard InChI is InChI=1S/C11H14N4S/c1-6(2)10-14-7(3)9(16-10)8-4-5-13-11(12)15-8/h4-6H,1-3H3,(H2,12,13,15). The highest BCUT2D eigenvalue weighted by atomic mass is 32.1. The van der Waals surface area contributed by atoms with Crippen LogP contribution in [0, 0.1) is 6.92 Å². The average molecular weight is 234 g/mol. The first-order chi connectivity index (χ1) is 7.58. The van der Waals surface area contributed by atoms with E-state index in [1.807, 2.05) is 13.0 Å². The summed E-state index contributed by atoms with van der Waals surface area (Å²) in [5.41, 5.74) is 7.44. The number of nitrogen functional groups attached to an aromatic ring is 1. The molecule has 16 heavy (non-hydrogen) atoms. The molecular formula is C11H14N4S. The van der Waals surface area contributed by atoms with E-state index in [-0.39, 0.29) is 0 Å². The van der Waals surface area contributed by atoms with Gasteiger partial charge in [-0.1, -0.05) is 13.8 Å². The van der Waals surface area contributed by atoms with Crippen LogP contribution < -0.4 is 5.73 Å². The Morgan fingerprint density at radius 1 is 1.31 bits per heavy atom. The molecular weight excluding hydrogens is 220 g/mol. The molecule has 5 heteroatoms. The summed E-state index contributed by atoms with van der Waals surface area (Å²) in [6.45, 7) is 6.27. The highest BCUT2D eigenvalue weighted by molar-refractivity contribution is 7.15. The van der Waals surface area contributed by atoms with Gasteiger partial charge in [-0.05, 0) is 13.0 Å². The molecule has 2 heterocycles. The maximum Gasteiger partial charge on any atom is 0.220 e. The summed E-state index contributed by atoms with van der Waals surface area (Å²) in [5, 5.41) is 1.13. The Morgan fingerprint density at radius 3 is 2.62 bits per heavy atom. The molecule has 2 rings (SSSR count). The van der Waals surface area contributed by atoms with E-state index in [1.54, 1.807) is 17.5 Å². The molecule has 2 aromatic heterocycles. The molecule has 0 spiro atoms. The van der Waals surface area contributed by atoms with Crippen molar-refractivity contribution in [2.45, 2.75) is 26.7 Å². The molecule has 84 valence electrons. The Balaban J connectivity index is 2.48. The number of anilines is 1. The van der Waals surface area contributed by atoms with E-state index in [2.05, 4.69) is 28.8 Å². The van der Waals surface area contributed by atoms with Gasteiger partial charge in [-0.3, -0.25) is 0 Å². The summed E-state index contributed by atoms with van der Waals surface area (Å²) in [6, 6.07) is 1.86. The number of aryl methyl sites for hydroxylation is 1. The van der Waals surface area contributed by atoms with Gasteiger partial charge < -0.3 is 5.73 Å². The van der Waals surface area contributed by atoms with Crippen molar-refractivity contribution in [1.82, 2.24) is 15.0 Å². The van der Waals surface area contributed by atoms with Crippen molar-refractivity contribution in [2.75, 3.05) is 5.73 Å². The molecule has 0 atom stereocenters. The molecule has 0 aromatic carbocycles. The third kappa shape index (κ3) is 2.04. The smallest absolute Gasteiger partial charge is 0.220 e. The van der Waals surface area contributed by atoms with Crippen molar-refractivity contribution in [1.29, 1.82) is 0 Å². The Labute approximate surface area is 98.6 Å². The van der Waals surface area contributed by atoms with E-state index in [0.29, 0.717) is 11.9 Å². The maximum atomic E-state index is 5.57. The third-order valence-corrected chi connectivity index (χ3v) is 3.69. The van der Waals surface area contributed by atoms with Crippen molar-refractivity contribution in [3.63, 3.8) is 0 Å². The van der Waals surface area contributed by atoms with Crippen LogP contribution in [0.15, 0.2) is 12.3 Å². The Bertz CT molecular complexity index is 504. The molecule has 0 saturated carbocycles. The molecule has 0 fully saturated rings. The Kier molecular flexibility index (Phi) is 2.87. The van der Waals surface area contributed by atoms with E-state index in [9.17, 15) is 0 Å². The average Bonchev–Trinajstić information content (AvgIpc) is 2.60.